The Labute approximate surface area is 119 Å². The van der Waals surface area contributed by atoms with Gasteiger partial charge in [0.25, 0.3) is 5.91 Å². The van der Waals surface area contributed by atoms with Crippen molar-refractivity contribution in [3.8, 4) is 0 Å². The fourth-order valence-corrected chi connectivity index (χ4v) is 2.25. The minimum Gasteiger partial charge on any atom is -0.443 e. The molecule has 0 aliphatic carbocycles. The van der Waals surface area contributed by atoms with E-state index in [0.29, 0.717) is 18.5 Å². The number of hydrogen-bond acceptors (Lipinski definition) is 3. The van der Waals surface area contributed by atoms with Gasteiger partial charge in [-0.05, 0) is 63.8 Å². The summed E-state index contributed by atoms with van der Waals surface area (Å²) < 4.78 is 5.28. The zero-order chi connectivity index (χ0) is 15.1. The second-order valence-electron chi connectivity index (χ2n) is 6.28. The molecular formula is C16H21NO3. The molecule has 1 aromatic rings. The van der Waals surface area contributed by atoms with Crippen molar-refractivity contribution in [1.29, 1.82) is 0 Å². The topological polar surface area (TPSA) is 46.6 Å². The van der Waals surface area contributed by atoms with Gasteiger partial charge in [0.05, 0.1) is 0 Å². The summed E-state index contributed by atoms with van der Waals surface area (Å²) in [6.45, 7) is 9.75. The smallest absolute Gasteiger partial charge is 0.417 e. The first-order valence-electron chi connectivity index (χ1n) is 6.84. The van der Waals surface area contributed by atoms with E-state index < -0.39 is 11.7 Å². The molecule has 0 unspecified atom stereocenters. The predicted molar refractivity (Wildman–Crippen MR) is 76.9 cm³/mol. The van der Waals surface area contributed by atoms with Crippen LogP contribution in [0, 0.1) is 13.8 Å². The molecule has 20 heavy (non-hydrogen) atoms. The van der Waals surface area contributed by atoms with Gasteiger partial charge in [-0.15, -0.1) is 0 Å². The van der Waals surface area contributed by atoms with E-state index in [-0.39, 0.29) is 5.91 Å². The van der Waals surface area contributed by atoms with Gasteiger partial charge in [0.15, 0.2) is 0 Å². The van der Waals surface area contributed by atoms with Crippen LogP contribution in [-0.4, -0.2) is 29.0 Å². The fourth-order valence-electron chi connectivity index (χ4n) is 2.25. The van der Waals surface area contributed by atoms with Crippen molar-refractivity contribution in [2.75, 3.05) is 6.54 Å². The Bertz CT molecular complexity index is 570. The average Bonchev–Trinajstić information content (AvgIpc) is 2.30. The molecule has 0 saturated heterocycles. The molecule has 2 amide bonds. The van der Waals surface area contributed by atoms with E-state index in [2.05, 4.69) is 0 Å². The Balaban J connectivity index is 2.28. The SMILES string of the molecule is Cc1cc2c(cc1C)C(=O)N(C(=O)OC(C)(C)C)CC2. The molecule has 1 aliphatic heterocycles. The monoisotopic (exact) mass is 275 g/mol. The van der Waals surface area contributed by atoms with E-state index >= 15 is 0 Å². The standard InChI is InChI=1S/C16H21NO3/c1-10-8-12-6-7-17(15(19)20-16(3,4)5)14(18)13(12)9-11(10)2/h8-9H,6-7H2,1-5H3. The number of fused-ring (bicyclic) bond motifs is 1. The summed E-state index contributed by atoms with van der Waals surface area (Å²) in [5.74, 6) is -0.261. The quantitative estimate of drug-likeness (QED) is 0.730. The molecule has 108 valence electrons. The van der Waals surface area contributed by atoms with Crippen LogP contribution < -0.4 is 0 Å². The summed E-state index contributed by atoms with van der Waals surface area (Å²) in [4.78, 5) is 25.7. The van der Waals surface area contributed by atoms with Crippen LogP contribution in [0.1, 0.15) is 47.8 Å². The maximum atomic E-state index is 12.4. The highest BCUT2D eigenvalue weighted by atomic mass is 16.6. The molecule has 1 aromatic carbocycles. The molecule has 4 nitrogen and oxygen atoms in total. The summed E-state index contributed by atoms with van der Waals surface area (Å²) in [6.07, 6.45) is 0.118. The lowest BCUT2D eigenvalue weighted by Gasteiger charge is -2.30. The van der Waals surface area contributed by atoms with Crippen LogP contribution in [0.2, 0.25) is 0 Å². The molecule has 0 bridgehead atoms. The lowest BCUT2D eigenvalue weighted by atomic mass is 9.94. The van der Waals surface area contributed by atoms with Crippen LogP contribution in [0.4, 0.5) is 4.79 Å². The molecule has 1 aliphatic rings. The number of ether oxygens (including phenoxy) is 1. The number of rotatable bonds is 0. The molecule has 0 radical (unpaired) electrons. The van der Waals surface area contributed by atoms with Crippen LogP contribution in [-0.2, 0) is 11.2 Å². The van der Waals surface area contributed by atoms with E-state index in [9.17, 15) is 9.59 Å². The van der Waals surface area contributed by atoms with Crippen LogP contribution in [0.25, 0.3) is 0 Å². The molecule has 0 aromatic heterocycles. The molecule has 4 heteroatoms. The van der Waals surface area contributed by atoms with Crippen molar-refractivity contribution in [2.45, 2.75) is 46.6 Å². The van der Waals surface area contributed by atoms with E-state index in [1.165, 1.54) is 10.5 Å². The van der Waals surface area contributed by atoms with Gasteiger partial charge in [0.1, 0.15) is 5.60 Å². The van der Waals surface area contributed by atoms with Gasteiger partial charge < -0.3 is 4.74 Å². The minimum atomic E-state index is -0.596. The molecular weight excluding hydrogens is 254 g/mol. The van der Waals surface area contributed by atoms with Gasteiger partial charge >= 0.3 is 6.09 Å². The number of carbonyl (C=O) groups excluding carboxylic acids is 2. The summed E-state index contributed by atoms with van der Waals surface area (Å²) >= 11 is 0. The highest BCUT2D eigenvalue weighted by molar-refractivity contribution is 6.05. The molecule has 0 spiro atoms. The molecule has 0 fully saturated rings. The maximum Gasteiger partial charge on any atom is 0.417 e. The van der Waals surface area contributed by atoms with E-state index in [0.717, 1.165) is 11.1 Å². The molecule has 0 N–H and O–H groups in total. The number of hydrogen-bond donors (Lipinski definition) is 0. The third kappa shape index (κ3) is 2.84. The van der Waals surface area contributed by atoms with Gasteiger partial charge in [0.2, 0.25) is 0 Å². The third-order valence-corrected chi connectivity index (χ3v) is 3.41. The van der Waals surface area contributed by atoms with Crippen molar-refractivity contribution in [1.82, 2.24) is 4.90 Å². The van der Waals surface area contributed by atoms with E-state index in [1.807, 2.05) is 26.0 Å². The van der Waals surface area contributed by atoms with Crippen molar-refractivity contribution >= 4 is 12.0 Å². The number of aryl methyl sites for hydroxylation is 2. The first kappa shape index (κ1) is 14.6. The lowest BCUT2D eigenvalue weighted by molar-refractivity contribution is 0.0233. The molecule has 2 rings (SSSR count). The second kappa shape index (κ2) is 4.93. The summed E-state index contributed by atoms with van der Waals surface area (Å²) in [5, 5.41) is 0. The largest absolute Gasteiger partial charge is 0.443 e. The Morgan fingerprint density at radius 2 is 1.80 bits per heavy atom. The molecule has 1 heterocycles. The lowest BCUT2D eigenvalue weighted by Crippen LogP contribution is -2.44. The van der Waals surface area contributed by atoms with Crippen molar-refractivity contribution in [3.05, 3.63) is 34.4 Å². The predicted octanol–water partition coefficient (Wildman–Crippen LogP) is 3.24. The zero-order valence-electron chi connectivity index (χ0n) is 12.7. The maximum absolute atomic E-state index is 12.4. The number of benzene rings is 1. The number of nitrogens with zero attached hydrogens (tertiary/aromatic N) is 1. The van der Waals surface area contributed by atoms with Crippen LogP contribution in [0.5, 0.6) is 0 Å². The molecule has 0 saturated carbocycles. The summed E-state index contributed by atoms with van der Waals surface area (Å²) in [5.41, 5.74) is 3.26. The number of imide groups is 1. The zero-order valence-corrected chi connectivity index (χ0v) is 12.7. The minimum absolute atomic E-state index is 0.261. The first-order valence-corrected chi connectivity index (χ1v) is 6.84. The highest BCUT2D eigenvalue weighted by Gasteiger charge is 2.32. The Hall–Kier alpha value is -1.84. The van der Waals surface area contributed by atoms with E-state index in [4.69, 9.17) is 4.74 Å². The van der Waals surface area contributed by atoms with Gasteiger partial charge in [-0.1, -0.05) is 6.07 Å². The van der Waals surface area contributed by atoms with Gasteiger partial charge in [-0.25, -0.2) is 9.69 Å². The van der Waals surface area contributed by atoms with Crippen molar-refractivity contribution < 1.29 is 14.3 Å². The van der Waals surface area contributed by atoms with E-state index in [1.54, 1.807) is 20.8 Å². The fraction of sp³-hybridized carbons (Fsp3) is 0.500. The number of amides is 2. The van der Waals surface area contributed by atoms with Crippen molar-refractivity contribution in [2.24, 2.45) is 0 Å². The van der Waals surface area contributed by atoms with Crippen molar-refractivity contribution in [3.63, 3.8) is 0 Å². The third-order valence-electron chi connectivity index (χ3n) is 3.41. The van der Waals surface area contributed by atoms with Gasteiger partial charge in [0, 0.05) is 12.1 Å². The first-order chi connectivity index (χ1) is 9.19. The molecule has 0 atom stereocenters. The average molecular weight is 275 g/mol. The van der Waals surface area contributed by atoms with Crippen LogP contribution in [0.3, 0.4) is 0 Å². The summed E-state index contributed by atoms with van der Waals surface area (Å²) in [7, 11) is 0. The van der Waals surface area contributed by atoms with Crippen LogP contribution in [0.15, 0.2) is 12.1 Å². The van der Waals surface area contributed by atoms with Crippen LogP contribution >= 0.6 is 0 Å². The van der Waals surface area contributed by atoms with Gasteiger partial charge in [-0.2, -0.15) is 0 Å². The Morgan fingerprint density at radius 1 is 1.20 bits per heavy atom. The van der Waals surface area contributed by atoms with Gasteiger partial charge in [-0.3, -0.25) is 4.79 Å². The summed E-state index contributed by atoms with van der Waals surface area (Å²) in [6, 6.07) is 3.90. The Kier molecular flexibility index (Phi) is 3.59. The number of carbonyl (C=O) groups is 2. The second-order valence-corrected chi connectivity index (χ2v) is 6.28. The highest BCUT2D eigenvalue weighted by Crippen LogP contribution is 2.24. The normalized spacial score (nSPS) is 15.1. The Morgan fingerprint density at radius 3 is 2.40 bits per heavy atom.